The minimum Gasteiger partial charge on any atom is -0.380 e. The monoisotopic (exact) mass is 458 g/mol. The third-order valence-corrected chi connectivity index (χ3v) is 5.04. The number of guanidine groups is 1. The van der Waals surface area contributed by atoms with Crippen molar-refractivity contribution in [1.82, 2.24) is 15.5 Å². The van der Waals surface area contributed by atoms with Crippen molar-refractivity contribution < 1.29 is 4.74 Å². The molecule has 140 valence electrons. The van der Waals surface area contributed by atoms with Crippen molar-refractivity contribution in [2.75, 3.05) is 39.9 Å². The van der Waals surface area contributed by atoms with Crippen molar-refractivity contribution in [3.05, 3.63) is 35.9 Å². The van der Waals surface area contributed by atoms with E-state index in [-0.39, 0.29) is 29.4 Å². The molecule has 1 aromatic rings. The minimum atomic E-state index is 0. The standard InChI is InChI=1S/C19H30N4O.HI/c1-19(14-24-15-19)13-22-18(20-2)21-11-17-9-6-10-23(17)12-16-7-4-3-5-8-16;/h3-5,7-8,17H,6,9-15H2,1-2H3,(H2,20,21,22);1H. The van der Waals surface area contributed by atoms with Gasteiger partial charge in [-0.05, 0) is 24.9 Å². The zero-order chi connectivity index (χ0) is 16.8. The van der Waals surface area contributed by atoms with Crippen LogP contribution in [0.15, 0.2) is 35.3 Å². The SMILES string of the molecule is CN=C(NCC1CCCN1Cc1ccccc1)NCC1(C)COC1.I. The lowest BCUT2D eigenvalue weighted by Gasteiger charge is -2.38. The van der Waals surface area contributed by atoms with Crippen molar-refractivity contribution in [3.8, 4) is 0 Å². The van der Waals surface area contributed by atoms with Crippen molar-refractivity contribution in [2.24, 2.45) is 10.4 Å². The first-order valence-electron chi connectivity index (χ1n) is 8.99. The fourth-order valence-electron chi connectivity index (χ4n) is 3.44. The number of nitrogens with zero attached hydrogens (tertiary/aromatic N) is 2. The van der Waals surface area contributed by atoms with E-state index in [0.29, 0.717) is 6.04 Å². The highest BCUT2D eigenvalue weighted by Gasteiger charge is 2.33. The Balaban J connectivity index is 0.00000225. The molecular formula is C19H31IN4O. The molecule has 0 radical (unpaired) electrons. The fraction of sp³-hybridized carbons (Fsp3) is 0.632. The van der Waals surface area contributed by atoms with Crippen LogP contribution in [-0.2, 0) is 11.3 Å². The molecule has 6 heteroatoms. The number of nitrogens with one attached hydrogen (secondary N) is 2. The average molecular weight is 458 g/mol. The van der Waals surface area contributed by atoms with Crippen LogP contribution in [0.25, 0.3) is 0 Å². The van der Waals surface area contributed by atoms with Gasteiger partial charge in [0.1, 0.15) is 0 Å². The molecule has 2 aliphatic heterocycles. The van der Waals surface area contributed by atoms with Gasteiger partial charge >= 0.3 is 0 Å². The Morgan fingerprint density at radius 2 is 2.04 bits per heavy atom. The van der Waals surface area contributed by atoms with E-state index in [1.165, 1.54) is 24.9 Å². The Kier molecular flexibility index (Phi) is 7.96. The maximum absolute atomic E-state index is 5.31. The molecule has 0 amide bonds. The maximum Gasteiger partial charge on any atom is 0.191 e. The van der Waals surface area contributed by atoms with Gasteiger partial charge in [0.15, 0.2) is 5.96 Å². The van der Waals surface area contributed by atoms with E-state index in [0.717, 1.165) is 38.8 Å². The molecule has 1 atom stereocenters. The lowest BCUT2D eigenvalue weighted by atomic mass is 9.89. The minimum absolute atomic E-state index is 0. The average Bonchev–Trinajstić information content (AvgIpc) is 3.01. The summed E-state index contributed by atoms with van der Waals surface area (Å²) in [6.45, 7) is 7.99. The normalized spacial score (nSPS) is 22.8. The molecular weight excluding hydrogens is 427 g/mol. The number of rotatable bonds is 6. The van der Waals surface area contributed by atoms with Crippen LogP contribution in [0.3, 0.4) is 0 Å². The van der Waals surface area contributed by atoms with Crippen LogP contribution >= 0.6 is 24.0 Å². The Bertz CT molecular complexity index is 548. The molecule has 0 saturated carbocycles. The fourth-order valence-corrected chi connectivity index (χ4v) is 3.44. The van der Waals surface area contributed by atoms with Crippen LogP contribution in [0.2, 0.25) is 0 Å². The van der Waals surface area contributed by atoms with Crippen LogP contribution in [0.5, 0.6) is 0 Å². The Morgan fingerprint density at radius 3 is 2.68 bits per heavy atom. The summed E-state index contributed by atoms with van der Waals surface area (Å²) < 4.78 is 5.31. The van der Waals surface area contributed by atoms with Crippen molar-refractivity contribution in [1.29, 1.82) is 0 Å². The Hall–Kier alpha value is -0.860. The summed E-state index contributed by atoms with van der Waals surface area (Å²) in [5, 5.41) is 6.95. The van der Waals surface area contributed by atoms with Gasteiger partial charge in [-0.3, -0.25) is 9.89 Å². The van der Waals surface area contributed by atoms with Crippen LogP contribution in [0.4, 0.5) is 0 Å². The van der Waals surface area contributed by atoms with Crippen molar-refractivity contribution >= 4 is 29.9 Å². The zero-order valence-electron chi connectivity index (χ0n) is 15.3. The molecule has 2 aliphatic rings. The second kappa shape index (κ2) is 9.73. The number of ether oxygens (including phenoxy) is 1. The number of aliphatic imine (C=N–C) groups is 1. The zero-order valence-corrected chi connectivity index (χ0v) is 17.7. The lowest BCUT2D eigenvalue weighted by Crippen LogP contribution is -2.52. The van der Waals surface area contributed by atoms with E-state index in [9.17, 15) is 0 Å². The smallest absolute Gasteiger partial charge is 0.191 e. The molecule has 0 bridgehead atoms. The van der Waals surface area contributed by atoms with E-state index in [1.54, 1.807) is 0 Å². The molecule has 0 spiro atoms. The summed E-state index contributed by atoms with van der Waals surface area (Å²) >= 11 is 0. The highest BCUT2D eigenvalue weighted by Crippen LogP contribution is 2.25. The van der Waals surface area contributed by atoms with Gasteiger partial charge in [0.25, 0.3) is 0 Å². The van der Waals surface area contributed by atoms with E-state index >= 15 is 0 Å². The number of hydrogen-bond acceptors (Lipinski definition) is 3. The van der Waals surface area contributed by atoms with Crippen molar-refractivity contribution in [2.45, 2.75) is 32.4 Å². The Morgan fingerprint density at radius 1 is 1.28 bits per heavy atom. The molecule has 0 aromatic heterocycles. The number of benzene rings is 1. The largest absolute Gasteiger partial charge is 0.380 e. The molecule has 2 N–H and O–H groups in total. The predicted octanol–water partition coefficient (Wildman–Crippen LogP) is 2.47. The summed E-state index contributed by atoms with van der Waals surface area (Å²) in [4.78, 5) is 6.93. The molecule has 2 heterocycles. The second-order valence-electron chi connectivity index (χ2n) is 7.36. The molecule has 1 unspecified atom stereocenters. The van der Waals surface area contributed by atoms with E-state index in [4.69, 9.17) is 4.74 Å². The highest BCUT2D eigenvalue weighted by molar-refractivity contribution is 14.0. The van der Waals surface area contributed by atoms with Crippen LogP contribution in [0, 0.1) is 5.41 Å². The Labute approximate surface area is 168 Å². The first-order chi connectivity index (χ1) is 11.7. The molecule has 2 fully saturated rings. The summed E-state index contributed by atoms with van der Waals surface area (Å²) in [6, 6.07) is 11.3. The first kappa shape index (κ1) is 20.5. The van der Waals surface area contributed by atoms with E-state index in [1.807, 2.05) is 7.05 Å². The van der Waals surface area contributed by atoms with Gasteiger partial charge in [0, 0.05) is 38.1 Å². The molecule has 1 aromatic carbocycles. The molecule has 3 rings (SSSR count). The maximum atomic E-state index is 5.31. The van der Waals surface area contributed by atoms with Crippen LogP contribution in [-0.4, -0.2) is 56.8 Å². The van der Waals surface area contributed by atoms with Gasteiger partial charge in [0.2, 0.25) is 0 Å². The van der Waals surface area contributed by atoms with Gasteiger partial charge < -0.3 is 15.4 Å². The summed E-state index contributed by atoms with van der Waals surface area (Å²) in [5.74, 6) is 0.898. The van der Waals surface area contributed by atoms with Gasteiger partial charge in [-0.2, -0.15) is 0 Å². The number of likely N-dealkylation sites (tertiary alicyclic amines) is 1. The molecule has 25 heavy (non-hydrogen) atoms. The first-order valence-corrected chi connectivity index (χ1v) is 8.99. The number of halogens is 1. The quantitative estimate of drug-likeness (QED) is 0.391. The molecule has 5 nitrogen and oxygen atoms in total. The number of hydrogen-bond donors (Lipinski definition) is 2. The third-order valence-electron chi connectivity index (χ3n) is 5.04. The summed E-state index contributed by atoms with van der Waals surface area (Å²) in [7, 11) is 1.84. The van der Waals surface area contributed by atoms with Gasteiger partial charge in [0.05, 0.1) is 13.2 Å². The summed E-state index contributed by atoms with van der Waals surface area (Å²) in [6.07, 6.45) is 2.53. The molecule has 0 aliphatic carbocycles. The third kappa shape index (κ3) is 5.82. The predicted molar refractivity (Wildman–Crippen MR) is 114 cm³/mol. The second-order valence-corrected chi connectivity index (χ2v) is 7.36. The van der Waals surface area contributed by atoms with Crippen LogP contribution in [0.1, 0.15) is 25.3 Å². The lowest BCUT2D eigenvalue weighted by molar-refractivity contribution is -0.0971. The van der Waals surface area contributed by atoms with Gasteiger partial charge in [-0.25, -0.2) is 0 Å². The van der Waals surface area contributed by atoms with E-state index in [2.05, 4.69) is 57.8 Å². The highest BCUT2D eigenvalue weighted by atomic mass is 127. The van der Waals surface area contributed by atoms with E-state index < -0.39 is 0 Å². The van der Waals surface area contributed by atoms with Gasteiger partial charge in [-0.1, -0.05) is 37.3 Å². The van der Waals surface area contributed by atoms with Crippen LogP contribution < -0.4 is 10.6 Å². The van der Waals surface area contributed by atoms with Crippen molar-refractivity contribution in [3.63, 3.8) is 0 Å². The topological polar surface area (TPSA) is 48.9 Å². The molecule has 2 saturated heterocycles. The van der Waals surface area contributed by atoms with Gasteiger partial charge in [-0.15, -0.1) is 24.0 Å². The summed E-state index contributed by atoms with van der Waals surface area (Å²) in [5.41, 5.74) is 1.65.